The number of anilines is 5. The molecule has 1 aliphatic carbocycles. The molecule has 5 aromatic rings. The zero-order chi connectivity index (χ0) is 51.4. The van der Waals surface area contributed by atoms with Gasteiger partial charge in [0.2, 0.25) is 12.3 Å². The van der Waals surface area contributed by atoms with Crippen LogP contribution in [0.25, 0.3) is 17.3 Å². The predicted molar refractivity (Wildman–Crippen MR) is 270 cm³/mol. The second-order valence-electron chi connectivity index (χ2n) is 21.0. The molecular weight excluding hydrogens is 928 g/mol. The zero-order valence-corrected chi connectivity index (χ0v) is 41.8. The number of carbonyl (C=O) groups is 3. The first-order valence-corrected chi connectivity index (χ1v) is 24.5. The largest absolute Gasteiger partial charge is 0.399 e. The van der Waals surface area contributed by atoms with Crippen LogP contribution in [0.15, 0.2) is 71.9 Å². The number of piperazine rings is 1. The van der Waals surface area contributed by atoms with Crippen molar-refractivity contribution in [2.24, 2.45) is 12.5 Å². The van der Waals surface area contributed by atoms with Crippen LogP contribution in [0.1, 0.15) is 93.0 Å². The van der Waals surface area contributed by atoms with Gasteiger partial charge in [0, 0.05) is 117 Å². The van der Waals surface area contributed by atoms with Crippen molar-refractivity contribution in [1.29, 1.82) is 0 Å². The molecule has 2 saturated heterocycles. The quantitative estimate of drug-likeness (QED) is 0.0888. The van der Waals surface area contributed by atoms with Crippen molar-refractivity contribution in [3.63, 3.8) is 0 Å². The maximum atomic E-state index is 14.1. The van der Waals surface area contributed by atoms with Crippen molar-refractivity contribution in [3.05, 3.63) is 111 Å². The first-order chi connectivity index (χ1) is 34.2. The summed E-state index contributed by atoms with van der Waals surface area (Å²) >= 11 is 0. The molecule has 3 atom stereocenters. The van der Waals surface area contributed by atoms with Crippen molar-refractivity contribution in [2.45, 2.75) is 110 Å². The van der Waals surface area contributed by atoms with E-state index in [-0.39, 0.29) is 34.9 Å². The molecule has 0 spiro atoms. The van der Waals surface area contributed by atoms with Crippen LogP contribution in [-0.2, 0) is 48.0 Å². The number of imide groups is 1. The number of pyridine rings is 2. The van der Waals surface area contributed by atoms with Crippen LogP contribution >= 0.6 is 0 Å². The second-order valence-corrected chi connectivity index (χ2v) is 21.0. The summed E-state index contributed by atoms with van der Waals surface area (Å²) in [6.45, 7) is 14.5. The number of aliphatic hydroxyl groups excluding tert-OH is 1. The molecule has 3 amide bonds. The van der Waals surface area contributed by atoms with E-state index in [4.69, 9.17) is 4.98 Å². The maximum absolute atomic E-state index is 14.1. The van der Waals surface area contributed by atoms with Gasteiger partial charge in [-0.3, -0.25) is 39.3 Å². The number of aliphatic hydroxyl groups is 1. The van der Waals surface area contributed by atoms with Gasteiger partial charge in [-0.15, -0.1) is 0 Å². The van der Waals surface area contributed by atoms with E-state index in [1.165, 1.54) is 28.0 Å². The molecular formula is C53H62F3N11O5. The van der Waals surface area contributed by atoms with Crippen molar-refractivity contribution in [2.75, 3.05) is 52.7 Å². The first kappa shape index (κ1) is 50.1. The Morgan fingerprint density at radius 2 is 1.75 bits per heavy atom. The average Bonchev–Trinajstić information content (AvgIpc) is 3.84. The Balaban J connectivity index is 0.921. The molecule has 2 fully saturated rings. The molecule has 3 N–H and O–H groups in total. The average molecular weight is 990 g/mol. The number of amides is 3. The normalized spacial score (nSPS) is 20.5. The third kappa shape index (κ3) is 9.51. The summed E-state index contributed by atoms with van der Waals surface area (Å²) in [6, 6.07) is 13.0. The fourth-order valence-electron chi connectivity index (χ4n) is 11.1. The zero-order valence-electron chi connectivity index (χ0n) is 41.8. The molecule has 1 unspecified atom stereocenters. The van der Waals surface area contributed by atoms with E-state index in [2.05, 4.69) is 67.6 Å². The molecule has 0 radical (unpaired) electrons. The van der Waals surface area contributed by atoms with E-state index in [0.29, 0.717) is 71.7 Å². The van der Waals surface area contributed by atoms with Gasteiger partial charge in [0.25, 0.3) is 11.5 Å². The molecule has 0 saturated carbocycles. The van der Waals surface area contributed by atoms with Crippen molar-refractivity contribution in [1.82, 2.24) is 34.3 Å². The first-order valence-electron chi connectivity index (χ1n) is 24.5. The summed E-state index contributed by atoms with van der Waals surface area (Å²) in [4.78, 5) is 73.7. The Bertz CT molecular complexity index is 3000. The van der Waals surface area contributed by atoms with Crippen LogP contribution in [0, 0.1) is 5.41 Å². The standard InChI is InChI=1S/C53H62F3N11O5/c1-32-22-37(15-17-64(32)38-10-12-45(58-27-38)52(5,6)53(54,55)56)63-18-19-65(33(2)28-63)42-11-9-36(23-34(42)8-13-46(70)59-31-69)60-47-50(72)62(7)29-41(61-47)39-14-16-57-48(40(39)30-68)67-21-20-66-43(49(67)71)24-35-25-51(3,4)26-44(35)66/h8-14,16,23-24,27,29,31-33,37,68H,15,17-22,25-26,28,30H2,1-7H3,(H,60,61)(H,59,69,70)/t32-,33+,37?/m1/s1. The lowest BCUT2D eigenvalue weighted by molar-refractivity contribution is -0.181. The third-order valence-electron chi connectivity index (χ3n) is 15.1. The highest BCUT2D eigenvalue weighted by molar-refractivity contribution is 6.06. The molecule has 3 aliphatic heterocycles. The number of fused-ring (bicyclic) bond motifs is 3. The Morgan fingerprint density at radius 1 is 0.958 bits per heavy atom. The van der Waals surface area contributed by atoms with Gasteiger partial charge in [-0.2, -0.15) is 13.2 Å². The minimum atomic E-state index is -4.42. The number of hydrogen-bond donors (Lipinski definition) is 3. The summed E-state index contributed by atoms with van der Waals surface area (Å²) in [5.41, 5.74) is 4.75. The Hall–Kier alpha value is -6.86. The molecule has 16 nitrogen and oxygen atoms in total. The molecule has 19 heteroatoms. The van der Waals surface area contributed by atoms with Gasteiger partial charge in [0.05, 0.1) is 29.9 Å². The molecule has 4 aliphatic rings. The maximum Gasteiger partial charge on any atom is 0.399 e. The number of benzene rings is 1. The van der Waals surface area contributed by atoms with Crippen LogP contribution in [0.4, 0.5) is 41.9 Å². The number of rotatable bonds is 12. The number of alkyl halides is 3. The number of hydrogen-bond acceptors (Lipinski definition) is 12. The minimum Gasteiger partial charge on any atom is -0.392 e. The van der Waals surface area contributed by atoms with Crippen LogP contribution in [0.3, 0.4) is 0 Å². The topological polar surface area (TPSA) is 174 Å². The summed E-state index contributed by atoms with van der Waals surface area (Å²) in [5.74, 6) is -0.458. The predicted octanol–water partition coefficient (Wildman–Crippen LogP) is 6.75. The molecule has 380 valence electrons. The highest BCUT2D eigenvalue weighted by atomic mass is 19.4. The molecule has 7 heterocycles. The number of piperidine rings is 1. The summed E-state index contributed by atoms with van der Waals surface area (Å²) < 4.78 is 44.6. The smallest absolute Gasteiger partial charge is 0.392 e. The summed E-state index contributed by atoms with van der Waals surface area (Å²) in [6.07, 6.45) is 7.07. The number of nitrogens with zero attached hydrogens (tertiary/aromatic N) is 9. The van der Waals surface area contributed by atoms with E-state index in [1.54, 1.807) is 48.7 Å². The molecule has 72 heavy (non-hydrogen) atoms. The molecule has 0 bridgehead atoms. The fraction of sp³-hybridized carbons (Fsp3) is 0.453. The minimum absolute atomic E-state index is 0.00360. The van der Waals surface area contributed by atoms with E-state index in [0.717, 1.165) is 70.5 Å². The molecule has 9 rings (SSSR count). The van der Waals surface area contributed by atoms with Gasteiger partial charge < -0.3 is 29.4 Å². The van der Waals surface area contributed by atoms with Gasteiger partial charge >= 0.3 is 6.18 Å². The van der Waals surface area contributed by atoms with E-state index >= 15 is 0 Å². The van der Waals surface area contributed by atoms with Gasteiger partial charge in [0.1, 0.15) is 16.9 Å². The third-order valence-corrected chi connectivity index (χ3v) is 15.1. The number of nitrogens with one attached hydrogen (secondary N) is 2. The Labute approximate surface area is 416 Å². The van der Waals surface area contributed by atoms with E-state index < -0.39 is 29.7 Å². The van der Waals surface area contributed by atoms with Gasteiger partial charge in [-0.25, -0.2) is 9.97 Å². The van der Waals surface area contributed by atoms with Gasteiger partial charge in [-0.1, -0.05) is 13.8 Å². The second kappa shape index (κ2) is 19.3. The lowest BCUT2D eigenvalue weighted by Gasteiger charge is -2.48. The summed E-state index contributed by atoms with van der Waals surface area (Å²) in [5, 5.41) is 16.2. The van der Waals surface area contributed by atoms with Crippen molar-refractivity contribution in [3.8, 4) is 11.3 Å². The van der Waals surface area contributed by atoms with Crippen LogP contribution in [0.5, 0.6) is 0 Å². The van der Waals surface area contributed by atoms with Gasteiger partial charge in [-0.05, 0) is 113 Å². The van der Waals surface area contributed by atoms with Crippen molar-refractivity contribution < 1.29 is 32.7 Å². The van der Waals surface area contributed by atoms with Crippen LogP contribution < -0.4 is 30.9 Å². The SMILES string of the molecule is C[C@@H]1CC(N2CCN(c3ccc(Nc4nc(-c5ccnc(N6CCn7c(cc8c7CC(C)(C)C8)C6=O)c5CO)cn(C)c4=O)cc3C=CC(=O)NC=O)[C@@H](C)C2)CCN1c1ccc(C(C)(C)C(F)(F)F)nc1. The van der Waals surface area contributed by atoms with Crippen LogP contribution in [0.2, 0.25) is 0 Å². The van der Waals surface area contributed by atoms with Crippen molar-refractivity contribution >= 4 is 53.0 Å². The van der Waals surface area contributed by atoms with E-state index in [1.807, 2.05) is 24.3 Å². The number of carbonyl (C=O) groups excluding carboxylic acids is 3. The van der Waals surface area contributed by atoms with Gasteiger partial charge in [0.15, 0.2) is 5.82 Å². The molecule has 1 aromatic carbocycles. The highest BCUT2D eigenvalue weighted by Crippen LogP contribution is 2.42. The number of aryl methyl sites for hydroxylation is 1. The number of aromatic nitrogens is 5. The Morgan fingerprint density at radius 3 is 2.44 bits per heavy atom. The lowest BCUT2D eigenvalue weighted by Crippen LogP contribution is -2.58. The fourth-order valence-corrected chi connectivity index (χ4v) is 11.1. The number of halogens is 3. The Kier molecular flexibility index (Phi) is 13.4. The molecule has 4 aromatic heterocycles. The lowest BCUT2D eigenvalue weighted by atomic mass is 9.88. The highest BCUT2D eigenvalue weighted by Gasteiger charge is 2.49. The van der Waals surface area contributed by atoms with E-state index in [9.17, 15) is 37.5 Å². The monoisotopic (exact) mass is 989 g/mol. The summed E-state index contributed by atoms with van der Waals surface area (Å²) in [7, 11) is 1.61. The van der Waals surface area contributed by atoms with Crippen LogP contribution in [-0.4, -0.2) is 109 Å².